The van der Waals surface area contributed by atoms with E-state index in [2.05, 4.69) is 0 Å². The van der Waals surface area contributed by atoms with Gasteiger partial charge in [0.1, 0.15) is 5.82 Å². The van der Waals surface area contributed by atoms with Crippen LogP contribution in [0.15, 0.2) is 48.7 Å². The van der Waals surface area contributed by atoms with Gasteiger partial charge < -0.3 is 9.67 Å². The molecule has 3 amide bonds. The van der Waals surface area contributed by atoms with Crippen molar-refractivity contribution < 1.29 is 19.1 Å². The van der Waals surface area contributed by atoms with Gasteiger partial charge in [-0.2, -0.15) is 5.01 Å². The standard InChI is InChI=1S/C24H24ClFN4O3/c1-2-29-23(32)30(27-12-4-3-5-13-27)22(31)24(29,33)20-15-28(18-9-7-17(26)8-10-18)21-11-6-16(25)14-19(20)21/h6-11,14-15,33H,2-5,12-13H2,1H3. The Hall–Kier alpha value is -2.94. The topological polar surface area (TPSA) is 69.0 Å². The van der Waals surface area contributed by atoms with Crippen LogP contribution in [0, 0.1) is 5.82 Å². The summed E-state index contributed by atoms with van der Waals surface area (Å²) in [5, 5.41) is 15.7. The van der Waals surface area contributed by atoms with Crippen molar-refractivity contribution in [2.24, 2.45) is 0 Å². The van der Waals surface area contributed by atoms with Crippen molar-refractivity contribution in [3.05, 3.63) is 65.1 Å². The fourth-order valence-corrected chi connectivity index (χ4v) is 5.02. The first-order valence-electron chi connectivity index (χ1n) is 11.1. The number of nitrogens with zero attached hydrogens (tertiary/aromatic N) is 4. The number of fused-ring (bicyclic) bond motifs is 1. The van der Waals surface area contributed by atoms with Crippen LogP contribution in [0.5, 0.6) is 0 Å². The second-order valence-electron chi connectivity index (χ2n) is 8.38. The van der Waals surface area contributed by atoms with Gasteiger partial charge >= 0.3 is 11.9 Å². The molecule has 7 nitrogen and oxygen atoms in total. The van der Waals surface area contributed by atoms with E-state index < -0.39 is 17.7 Å². The Morgan fingerprint density at radius 3 is 2.42 bits per heavy atom. The van der Waals surface area contributed by atoms with E-state index in [1.54, 1.807) is 53.0 Å². The molecule has 3 aromatic rings. The fourth-order valence-electron chi connectivity index (χ4n) is 4.85. The maximum Gasteiger partial charge on any atom is 0.344 e. The zero-order valence-electron chi connectivity index (χ0n) is 18.2. The van der Waals surface area contributed by atoms with Crippen LogP contribution < -0.4 is 0 Å². The number of hydrazine groups is 1. The Morgan fingerprint density at radius 1 is 1.06 bits per heavy atom. The molecule has 33 heavy (non-hydrogen) atoms. The molecule has 2 saturated heterocycles. The number of imide groups is 1. The SMILES string of the molecule is CCN1C(=O)N(N2CCCCC2)C(=O)C1(O)c1cn(-c2ccc(F)cc2)c2ccc(Cl)cc12. The van der Waals surface area contributed by atoms with Crippen LogP contribution in [-0.2, 0) is 10.5 Å². The van der Waals surface area contributed by atoms with Gasteiger partial charge in [-0.1, -0.05) is 18.0 Å². The third kappa shape index (κ3) is 3.32. The van der Waals surface area contributed by atoms with Gasteiger partial charge in [0.2, 0.25) is 0 Å². The van der Waals surface area contributed by atoms with Crippen molar-refractivity contribution in [3.8, 4) is 5.69 Å². The third-order valence-corrected chi connectivity index (χ3v) is 6.71. The van der Waals surface area contributed by atoms with E-state index in [4.69, 9.17) is 11.6 Å². The molecule has 1 atom stereocenters. The average molecular weight is 471 g/mol. The molecule has 3 heterocycles. The first-order chi connectivity index (χ1) is 15.9. The highest BCUT2D eigenvalue weighted by Gasteiger charge is 2.60. The van der Waals surface area contributed by atoms with Crippen molar-refractivity contribution in [1.82, 2.24) is 19.5 Å². The number of piperidine rings is 1. The van der Waals surface area contributed by atoms with E-state index in [1.807, 2.05) is 0 Å². The Labute approximate surface area is 195 Å². The maximum atomic E-state index is 13.7. The highest BCUT2D eigenvalue weighted by molar-refractivity contribution is 6.31. The molecule has 0 radical (unpaired) electrons. The molecule has 1 unspecified atom stereocenters. The summed E-state index contributed by atoms with van der Waals surface area (Å²) in [4.78, 5) is 28.2. The second-order valence-corrected chi connectivity index (χ2v) is 8.82. The number of likely N-dealkylation sites (N-methyl/N-ethyl adjacent to an activating group) is 1. The van der Waals surface area contributed by atoms with Gasteiger partial charge in [0.15, 0.2) is 0 Å². The van der Waals surface area contributed by atoms with Gasteiger partial charge in [-0.3, -0.25) is 9.69 Å². The number of amides is 3. The highest BCUT2D eigenvalue weighted by atomic mass is 35.5. The maximum absolute atomic E-state index is 13.7. The van der Waals surface area contributed by atoms with E-state index in [9.17, 15) is 19.1 Å². The van der Waals surface area contributed by atoms with Crippen molar-refractivity contribution in [2.75, 3.05) is 19.6 Å². The van der Waals surface area contributed by atoms with Crippen LogP contribution >= 0.6 is 11.6 Å². The number of aromatic nitrogens is 1. The smallest absolute Gasteiger partial charge is 0.344 e. The van der Waals surface area contributed by atoms with E-state index in [0.717, 1.165) is 24.3 Å². The summed E-state index contributed by atoms with van der Waals surface area (Å²) in [6.45, 7) is 3.01. The van der Waals surface area contributed by atoms with Gasteiger partial charge in [-0.15, -0.1) is 0 Å². The minimum Gasteiger partial charge on any atom is -0.359 e. The van der Waals surface area contributed by atoms with Gasteiger partial charge in [-0.25, -0.2) is 14.2 Å². The summed E-state index contributed by atoms with van der Waals surface area (Å²) in [7, 11) is 0. The Kier molecular flexibility index (Phi) is 5.39. The number of aliphatic hydroxyl groups is 1. The normalized spacial score (nSPS) is 22.1. The van der Waals surface area contributed by atoms with Gasteiger partial charge in [0.05, 0.1) is 5.52 Å². The molecule has 0 spiro atoms. The summed E-state index contributed by atoms with van der Waals surface area (Å²) in [5.74, 6) is -1.07. The monoisotopic (exact) mass is 470 g/mol. The molecule has 0 saturated carbocycles. The predicted octanol–water partition coefficient (Wildman–Crippen LogP) is 4.25. The Bertz CT molecular complexity index is 1240. The summed E-state index contributed by atoms with van der Waals surface area (Å²) in [6, 6.07) is 10.5. The van der Waals surface area contributed by atoms with Crippen LogP contribution in [0.2, 0.25) is 5.02 Å². The molecule has 1 aromatic heterocycles. The first-order valence-corrected chi connectivity index (χ1v) is 11.4. The van der Waals surface area contributed by atoms with E-state index in [-0.39, 0.29) is 17.9 Å². The molecule has 2 aromatic carbocycles. The molecule has 2 aliphatic heterocycles. The predicted molar refractivity (Wildman–Crippen MR) is 122 cm³/mol. The molecule has 5 rings (SSSR count). The van der Waals surface area contributed by atoms with Gasteiger partial charge in [0, 0.05) is 47.5 Å². The number of hydrogen-bond acceptors (Lipinski definition) is 4. The second kappa shape index (κ2) is 8.13. The molecular weight excluding hydrogens is 447 g/mol. The van der Waals surface area contributed by atoms with Gasteiger partial charge in [0.25, 0.3) is 5.72 Å². The van der Waals surface area contributed by atoms with Crippen LogP contribution in [0.4, 0.5) is 9.18 Å². The number of carbonyl (C=O) groups excluding carboxylic acids is 2. The molecule has 2 fully saturated rings. The molecule has 2 aliphatic rings. The number of halogens is 2. The summed E-state index contributed by atoms with van der Waals surface area (Å²) >= 11 is 6.28. The van der Waals surface area contributed by atoms with Crippen molar-refractivity contribution in [2.45, 2.75) is 31.9 Å². The summed E-state index contributed by atoms with van der Waals surface area (Å²) in [6.07, 6.45) is 4.42. The van der Waals surface area contributed by atoms with E-state index in [0.29, 0.717) is 34.7 Å². The Balaban J connectivity index is 1.70. The van der Waals surface area contributed by atoms with Crippen LogP contribution in [0.1, 0.15) is 31.7 Å². The Morgan fingerprint density at radius 2 is 1.76 bits per heavy atom. The lowest BCUT2D eigenvalue weighted by Crippen LogP contribution is -2.50. The number of carbonyl (C=O) groups is 2. The van der Waals surface area contributed by atoms with Crippen molar-refractivity contribution in [3.63, 3.8) is 0 Å². The summed E-state index contributed by atoms with van der Waals surface area (Å²) in [5.41, 5.74) is -0.630. The lowest BCUT2D eigenvalue weighted by Gasteiger charge is -2.32. The summed E-state index contributed by atoms with van der Waals surface area (Å²) < 4.78 is 15.3. The largest absolute Gasteiger partial charge is 0.359 e. The molecule has 172 valence electrons. The zero-order valence-corrected chi connectivity index (χ0v) is 18.9. The van der Waals surface area contributed by atoms with E-state index in [1.165, 1.54) is 17.0 Å². The number of rotatable bonds is 4. The molecule has 9 heteroatoms. The molecule has 0 bridgehead atoms. The highest BCUT2D eigenvalue weighted by Crippen LogP contribution is 2.41. The van der Waals surface area contributed by atoms with Gasteiger partial charge in [-0.05, 0) is 62.2 Å². The lowest BCUT2D eigenvalue weighted by molar-refractivity contribution is -0.164. The fraction of sp³-hybridized carbons (Fsp3) is 0.333. The number of benzene rings is 2. The zero-order chi connectivity index (χ0) is 23.3. The van der Waals surface area contributed by atoms with Crippen LogP contribution in [0.3, 0.4) is 0 Å². The minimum atomic E-state index is -2.20. The molecule has 0 aliphatic carbocycles. The number of hydrogen-bond donors (Lipinski definition) is 1. The first kappa shape index (κ1) is 21.9. The van der Waals surface area contributed by atoms with E-state index >= 15 is 0 Å². The lowest BCUT2D eigenvalue weighted by atomic mass is 10.0. The quantitative estimate of drug-likeness (QED) is 0.579. The van der Waals surface area contributed by atoms with Crippen LogP contribution in [0.25, 0.3) is 16.6 Å². The minimum absolute atomic E-state index is 0.134. The van der Waals surface area contributed by atoms with Crippen LogP contribution in [-0.4, -0.2) is 56.2 Å². The number of urea groups is 1. The third-order valence-electron chi connectivity index (χ3n) is 6.47. The molecular formula is C24H24ClFN4O3. The molecule has 1 N–H and O–H groups in total. The average Bonchev–Trinajstić information content (AvgIpc) is 3.28. The van der Waals surface area contributed by atoms with Crippen molar-refractivity contribution in [1.29, 1.82) is 0 Å². The van der Waals surface area contributed by atoms with Crippen molar-refractivity contribution >= 4 is 34.4 Å².